The molecular weight excluding hydrogens is 234 g/mol. The molecule has 0 fully saturated rings. The second kappa shape index (κ2) is 5.77. The molecule has 1 aromatic rings. The molecule has 0 spiro atoms. The maximum atomic E-state index is 10.8. The maximum absolute atomic E-state index is 10.8. The van der Waals surface area contributed by atoms with Gasteiger partial charge >= 0.3 is 58.2 Å². The second-order valence-electron chi connectivity index (χ2n) is 3.89. The Bertz CT molecular complexity index is 251. The van der Waals surface area contributed by atoms with Gasteiger partial charge in [0.2, 0.25) is 0 Å². The fraction of sp³-hybridized carbons (Fsp3) is 0.455. The van der Waals surface area contributed by atoms with Crippen LogP contribution in [-0.2, 0) is 5.41 Å². The topological polar surface area (TPSA) is 23.1 Å². The van der Waals surface area contributed by atoms with Crippen LogP contribution in [0.25, 0.3) is 0 Å². The zero-order chi connectivity index (χ0) is 9.19. The van der Waals surface area contributed by atoms with Crippen LogP contribution in [0.15, 0.2) is 24.3 Å². The zero-order valence-corrected chi connectivity index (χ0v) is 13.8. The van der Waals surface area contributed by atoms with Crippen molar-refractivity contribution in [3.63, 3.8) is 0 Å². The first-order chi connectivity index (χ1) is 5.56. The molecule has 1 rings (SSSR count). The molecule has 0 aliphatic carbocycles. The average molecular weight is 249 g/mol. The first-order valence-electron chi connectivity index (χ1n) is 4.21. The third-order valence-corrected chi connectivity index (χ3v) is 2.19. The van der Waals surface area contributed by atoms with Crippen molar-refractivity contribution in [2.45, 2.75) is 26.2 Å². The van der Waals surface area contributed by atoms with Crippen molar-refractivity contribution in [3.05, 3.63) is 35.4 Å². The van der Waals surface area contributed by atoms with Crippen LogP contribution < -0.4 is 63.3 Å². The van der Waals surface area contributed by atoms with E-state index in [-0.39, 0.29) is 70.2 Å². The largest absolute Gasteiger partial charge is 1.00 e. The quantitative estimate of drug-likeness (QED) is 0.634. The first-order valence-corrected chi connectivity index (χ1v) is 4.21. The molecule has 1 aromatic carbocycles. The molecule has 0 saturated carbocycles. The molecule has 0 N–H and O–H groups in total. The van der Waals surface area contributed by atoms with Gasteiger partial charge in [0.15, 0.2) is 0 Å². The summed E-state index contributed by atoms with van der Waals surface area (Å²) in [4.78, 5) is 0. The van der Waals surface area contributed by atoms with E-state index >= 15 is 0 Å². The SMILES string of the molecule is Cc1ccc(C(C)(C)C[O-])cc1.[Rb+]. The van der Waals surface area contributed by atoms with Crippen LogP contribution in [-0.4, -0.2) is 6.61 Å². The Hall–Kier alpha value is 0.985. The van der Waals surface area contributed by atoms with Crippen molar-refractivity contribution in [1.29, 1.82) is 0 Å². The predicted octanol–water partition coefficient (Wildman–Crippen LogP) is -1.36. The Labute approximate surface area is 129 Å². The van der Waals surface area contributed by atoms with E-state index in [1.54, 1.807) is 0 Å². The van der Waals surface area contributed by atoms with Gasteiger partial charge in [-0.2, -0.15) is 0 Å². The van der Waals surface area contributed by atoms with Gasteiger partial charge in [-0.1, -0.05) is 43.7 Å². The molecule has 0 aliphatic rings. The summed E-state index contributed by atoms with van der Waals surface area (Å²) in [6.45, 7) is 5.94. The Morgan fingerprint density at radius 2 is 1.62 bits per heavy atom. The van der Waals surface area contributed by atoms with Crippen LogP contribution in [0.3, 0.4) is 0 Å². The molecule has 0 bridgehead atoms. The molecule has 66 valence electrons. The van der Waals surface area contributed by atoms with Crippen molar-refractivity contribution < 1.29 is 63.3 Å². The Morgan fingerprint density at radius 3 is 2.00 bits per heavy atom. The van der Waals surface area contributed by atoms with E-state index in [0.29, 0.717) is 0 Å². The summed E-state index contributed by atoms with van der Waals surface area (Å²) in [5, 5.41) is 10.8. The van der Waals surface area contributed by atoms with Gasteiger partial charge < -0.3 is 5.11 Å². The fourth-order valence-electron chi connectivity index (χ4n) is 1.09. The van der Waals surface area contributed by atoms with E-state index < -0.39 is 0 Å². The molecule has 1 nitrogen and oxygen atoms in total. The Morgan fingerprint density at radius 1 is 1.15 bits per heavy atom. The first kappa shape index (κ1) is 14.0. The van der Waals surface area contributed by atoms with Crippen molar-refractivity contribution in [1.82, 2.24) is 0 Å². The average Bonchev–Trinajstić information content (AvgIpc) is 2.05. The number of rotatable bonds is 2. The van der Waals surface area contributed by atoms with Gasteiger partial charge in [-0.3, -0.25) is 0 Å². The van der Waals surface area contributed by atoms with E-state index in [9.17, 15) is 5.11 Å². The van der Waals surface area contributed by atoms with E-state index in [2.05, 4.69) is 0 Å². The van der Waals surface area contributed by atoms with Gasteiger partial charge in [0.05, 0.1) is 0 Å². The number of aryl methyl sites for hydroxylation is 1. The number of benzene rings is 1. The zero-order valence-electron chi connectivity index (χ0n) is 8.92. The van der Waals surface area contributed by atoms with Gasteiger partial charge in [0.1, 0.15) is 0 Å². The van der Waals surface area contributed by atoms with Crippen molar-refractivity contribution >= 4 is 0 Å². The molecular formula is C11H15ORb. The summed E-state index contributed by atoms with van der Waals surface area (Å²) in [6, 6.07) is 8.17. The summed E-state index contributed by atoms with van der Waals surface area (Å²) < 4.78 is 0. The van der Waals surface area contributed by atoms with E-state index in [1.165, 1.54) is 5.56 Å². The summed E-state index contributed by atoms with van der Waals surface area (Å²) >= 11 is 0. The smallest absolute Gasteiger partial charge is 0.854 e. The minimum absolute atomic E-state index is 0. The molecule has 0 radical (unpaired) electrons. The molecule has 0 amide bonds. The van der Waals surface area contributed by atoms with Crippen LogP contribution in [0.2, 0.25) is 0 Å². The predicted molar refractivity (Wildman–Crippen MR) is 49.1 cm³/mol. The van der Waals surface area contributed by atoms with Crippen LogP contribution in [0.1, 0.15) is 25.0 Å². The van der Waals surface area contributed by atoms with Crippen molar-refractivity contribution in [2.75, 3.05) is 6.61 Å². The standard InChI is InChI=1S/C11H15O.Rb/c1-9-4-6-10(7-5-9)11(2,3)8-12;/h4-7H,8H2,1-3H3;/q-1;+1. The van der Waals surface area contributed by atoms with Gasteiger partial charge in [-0.15, -0.1) is 6.61 Å². The molecule has 0 atom stereocenters. The molecule has 13 heavy (non-hydrogen) atoms. The van der Waals surface area contributed by atoms with Crippen LogP contribution in [0.5, 0.6) is 0 Å². The van der Waals surface area contributed by atoms with Crippen LogP contribution in [0.4, 0.5) is 0 Å². The van der Waals surface area contributed by atoms with Crippen molar-refractivity contribution in [2.24, 2.45) is 0 Å². The fourth-order valence-corrected chi connectivity index (χ4v) is 1.09. The maximum Gasteiger partial charge on any atom is 1.00 e. The van der Waals surface area contributed by atoms with Crippen molar-refractivity contribution in [3.8, 4) is 0 Å². The Kier molecular flexibility index (Phi) is 6.20. The minimum atomic E-state index is -0.228. The molecule has 0 aromatic heterocycles. The summed E-state index contributed by atoms with van der Waals surface area (Å²) in [7, 11) is 0. The normalized spacial score (nSPS) is 10.8. The molecule has 0 saturated heterocycles. The number of hydrogen-bond acceptors (Lipinski definition) is 1. The van der Waals surface area contributed by atoms with Gasteiger partial charge in [-0.05, 0) is 17.9 Å². The third-order valence-electron chi connectivity index (χ3n) is 2.19. The van der Waals surface area contributed by atoms with Crippen LogP contribution in [0, 0.1) is 6.92 Å². The Balaban J connectivity index is 0.00000144. The van der Waals surface area contributed by atoms with E-state index in [4.69, 9.17) is 0 Å². The molecule has 0 heterocycles. The van der Waals surface area contributed by atoms with Crippen LogP contribution >= 0.6 is 0 Å². The molecule has 0 unspecified atom stereocenters. The summed E-state index contributed by atoms with van der Waals surface area (Å²) in [5.74, 6) is 0. The second-order valence-corrected chi connectivity index (χ2v) is 3.89. The number of hydrogen-bond donors (Lipinski definition) is 0. The third kappa shape index (κ3) is 3.92. The molecule has 0 aliphatic heterocycles. The van der Waals surface area contributed by atoms with E-state index in [0.717, 1.165) is 5.56 Å². The summed E-state index contributed by atoms with van der Waals surface area (Å²) in [5.41, 5.74) is 2.14. The van der Waals surface area contributed by atoms with Gasteiger partial charge in [0, 0.05) is 0 Å². The summed E-state index contributed by atoms with van der Waals surface area (Å²) in [6.07, 6.45) is 0. The van der Waals surface area contributed by atoms with Gasteiger partial charge in [-0.25, -0.2) is 0 Å². The minimum Gasteiger partial charge on any atom is -0.854 e. The van der Waals surface area contributed by atoms with E-state index in [1.807, 2.05) is 45.0 Å². The van der Waals surface area contributed by atoms with Gasteiger partial charge in [0.25, 0.3) is 0 Å². The molecule has 2 heteroatoms. The monoisotopic (exact) mass is 248 g/mol.